The number of amides is 2. The van der Waals surface area contributed by atoms with Crippen LogP contribution in [0.5, 0.6) is 0 Å². The fourth-order valence-corrected chi connectivity index (χ4v) is 5.44. The monoisotopic (exact) mass is 550 g/mol. The number of nitrogens with zero attached hydrogens (tertiary/aromatic N) is 2. The molecule has 2 amide bonds. The molecule has 2 aliphatic rings. The topological polar surface area (TPSA) is 94.6 Å². The van der Waals surface area contributed by atoms with Crippen LogP contribution in [0.1, 0.15) is 52.2 Å². The summed E-state index contributed by atoms with van der Waals surface area (Å²) in [5.74, 6) is -1.83. The summed E-state index contributed by atoms with van der Waals surface area (Å²) < 4.78 is 77.9. The van der Waals surface area contributed by atoms with Crippen molar-refractivity contribution in [2.45, 2.75) is 55.7 Å². The van der Waals surface area contributed by atoms with Crippen LogP contribution in [0.2, 0.25) is 0 Å². The lowest BCUT2D eigenvalue weighted by atomic mass is 9.81. The van der Waals surface area contributed by atoms with Crippen LogP contribution in [0.15, 0.2) is 29.8 Å². The molecule has 14 heteroatoms. The highest BCUT2D eigenvalue weighted by molar-refractivity contribution is 7.09. The number of nitrogens with one attached hydrogen (secondary N) is 2. The highest BCUT2D eigenvalue weighted by Crippen LogP contribution is 2.40. The Kier molecular flexibility index (Phi) is 7.55. The number of likely N-dealkylation sites (tertiary alicyclic amines) is 1. The molecule has 0 radical (unpaired) electrons. The van der Waals surface area contributed by atoms with Gasteiger partial charge in [-0.15, -0.1) is 11.3 Å². The Morgan fingerprint density at radius 2 is 1.65 bits per heavy atom. The molecule has 37 heavy (non-hydrogen) atoms. The molecule has 7 nitrogen and oxygen atoms in total. The van der Waals surface area contributed by atoms with Crippen molar-refractivity contribution in [1.82, 2.24) is 20.5 Å². The first-order chi connectivity index (χ1) is 17.2. The number of hydrogen-bond acceptors (Lipinski definition) is 6. The molecular formula is C23H24F6N4O3S. The van der Waals surface area contributed by atoms with Gasteiger partial charge in [-0.2, -0.15) is 26.3 Å². The average molecular weight is 551 g/mol. The van der Waals surface area contributed by atoms with E-state index in [1.54, 1.807) is 6.20 Å². The SMILES string of the molecule is O=C(CNC(=O)c1cc(C(F)(F)F)cc(C(F)(F)F)c1)NC1CN([C@H]2CC[C@@](O)(c3nccs3)CC2)C1. The number of aromatic nitrogens is 1. The lowest BCUT2D eigenvalue weighted by molar-refractivity contribution is -0.143. The Balaban J connectivity index is 1.23. The van der Waals surface area contributed by atoms with E-state index in [1.165, 1.54) is 11.3 Å². The molecule has 4 rings (SSSR count). The van der Waals surface area contributed by atoms with Gasteiger partial charge in [0.15, 0.2) is 0 Å². The molecule has 0 unspecified atom stereocenters. The normalized spacial score (nSPS) is 23.4. The Hall–Kier alpha value is -2.71. The Morgan fingerprint density at radius 3 is 2.16 bits per heavy atom. The number of thiazole rings is 1. The Morgan fingerprint density at radius 1 is 1.05 bits per heavy atom. The molecule has 1 saturated carbocycles. The van der Waals surface area contributed by atoms with E-state index in [1.807, 2.05) is 5.38 Å². The molecule has 1 aromatic carbocycles. The fourth-order valence-electron chi connectivity index (χ4n) is 4.64. The smallest absolute Gasteiger partial charge is 0.383 e. The molecule has 1 aliphatic carbocycles. The first-order valence-corrected chi connectivity index (χ1v) is 12.4. The van der Waals surface area contributed by atoms with E-state index in [0.717, 1.165) is 12.8 Å². The van der Waals surface area contributed by atoms with Crippen molar-refractivity contribution in [2.75, 3.05) is 19.6 Å². The van der Waals surface area contributed by atoms with Crippen molar-refractivity contribution in [1.29, 1.82) is 0 Å². The van der Waals surface area contributed by atoms with Crippen molar-refractivity contribution >= 4 is 23.2 Å². The molecule has 2 heterocycles. The number of carbonyl (C=O) groups excluding carboxylic acids is 2. The second-order valence-corrected chi connectivity index (χ2v) is 10.2. The van der Waals surface area contributed by atoms with E-state index in [9.17, 15) is 41.0 Å². The van der Waals surface area contributed by atoms with E-state index in [0.29, 0.717) is 43.1 Å². The van der Waals surface area contributed by atoms with Crippen LogP contribution in [0.4, 0.5) is 26.3 Å². The number of hydrogen-bond donors (Lipinski definition) is 3. The zero-order valence-electron chi connectivity index (χ0n) is 19.3. The van der Waals surface area contributed by atoms with E-state index in [-0.39, 0.29) is 18.2 Å². The van der Waals surface area contributed by atoms with Gasteiger partial charge in [0.2, 0.25) is 5.91 Å². The van der Waals surface area contributed by atoms with Crippen LogP contribution >= 0.6 is 11.3 Å². The van der Waals surface area contributed by atoms with Gasteiger partial charge in [0.1, 0.15) is 10.6 Å². The summed E-state index contributed by atoms with van der Waals surface area (Å²) >= 11 is 1.42. The van der Waals surface area contributed by atoms with Gasteiger partial charge < -0.3 is 15.7 Å². The highest BCUT2D eigenvalue weighted by Gasteiger charge is 2.42. The second-order valence-electron chi connectivity index (χ2n) is 9.30. The Labute approximate surface area is 211 Å². The van der Waals surface area contributed by atoms with Gasteiger partial charge in [-0.1, -0.05) is 0 Å². The largest absolute Gasteiger partial charge is 0.416 e. The zero-order chi connectivity index (χ0) is 27.0. The summed E-state index contributed by atoms with van der Waals surface area (Å²) in [5, 5.41) is 18.1. The third kappa shape index (κ3) is 6.41. The van der Waals surface area contributed by atoms with Gasteiger partial charge in [-0.25, -0.2) is 4.98 Å². The summed E-state index contributed by atoms with van der Waals surface area (Å²) in [5.41, 5.74) is -4.99. The van der Waals surface area contributed by atoms with Gasteiger partial charge >= 0.3 is 12.4 Å². The number of halogens is 6. The molecule has 1 aliphatic heterocycles. The summed E-state index contributed by atoms with van der Waals surface area (Å²) in [6.45, 7) is 0.516. The summed E-state index contributed by atoms with van der Waals surface area (Å²) in [7, 11) is 0. The van der Waals surface area contributed by atoms with E-state index in [4.69, 9.17) is 0 Å². The molecular weight excluding hydrogens is 526 g/mol. The number of carbonyl (C=O) groups is 2. The third-order valence-corrected chi connectivity index (χ3v) is 7.63. The minimum atomic E-state index is -5.08. The van der Waals surface area contributed by atoms with Gasteiger partial charge in [0, 0.05) is 36.3 Å². The van der Waals surface area contributed by atoms with Crippen LogP contribution in [0.25, 0.3) is 0 Å². The third-order valence-electron chi connectivity index (χ3n) is 6.66. The van der Waals surface area contributed by atoms with Crippen LogP contribution in [0, 0.1) is 0 Å². The minimum absolute atomic E-state index is 0.0717. The van der Waals surface area contributed by atoms with Crippen molar-refractivity contribution in [3.63, 3.8) is 0 Å². The van der Waals surface area contributed by atoms with Crippen LogP contribution in [0.3, 0.4) is 0 Å². The number of rotatable bonds is 6. The molecule has 1 aromatic heterocycles. The van der Waals surface area contributed by atoms with Crippen LogP contribution in [-0.4, -0.2) is 58.5 Å². The maximum atomic E-state index is 13.0. The van der Waals surface area contributed by atoms with Crippen molar-refractivity contribution < 1.29 is 41.0 Å². The van der Waals surface area contributed by atoms with Gasteiger partial charge in [0.05, 0.1) is 23.7 Å². The molecule has 2 aromatic rings. The molecule has 0 bridgehead atoms. The summed E-state index contributed by atoms with van der Waals surface area (Å²) in [6, 6.07) is 0.599. The average Bonchev–Trinajstić information content (AvgIpc) is 3.35. The van der Waals surface area contributed by atoms with Gasteiger partial charge in [-0.05, 0) is 43.9 Å². The molecule has 3 N–H and O–H groups in total. The Bertz CT molecular complexity index is 1090. The predicted octanol–water partition coefficient (Wildman–Crippen LogP) is 3.54. The lowest BCUT2D eigenvalue weighted by Crippen LogP contribution is -2.63. The van der Waals surface area contributed by atoms with Crippen molar-refractivity contribution in [2.24, 2.45) is 0 Å². The first kappa shape index (κ1) is 27.3. The van der Waals surface area contributed by atoms with Crippen LogP contribution < -0.4 is 10.6 Å². The van der Waals surface area contributed by atoms with Gasteiger partial charge in [-0.3, -0.25) is 14.5 Å². The maximum absolute atomic E-state index is 13.0. The van der Waals surface area contributed by atoms with E-state index >= 15 is 0 Å². The summed E-state index contributed by atoms with van der Waals surface area (Å²) in [4.78, 5) is 30.8. The van der Waals surface area contributed by atoms with E-state index < -0.39 is 53.0 Å². The molecule has 0 spiro atoms. The zero-order valence-corrected chi connectivity index (χ0v) is 20.1. The number of benzene rings is 1. The van der Waals surface area contributed by atoms with E-state index in [2.05, 4.69) is 20.5 Å². The first-order valence-electron chi connectivity index (χ1n) is 11.5. The molecule has 202 valence electrons. The molecule has 2 fully saturated rings. The highest BCUT2D eigenvalue weighted by atomic mass is 32.1. The predicted molar refractivity (Wildman–Crippen MR) is 121 cm³/mol. The quantitative estimate of drug-likeness (QED) is 0.479. The second kappa shape index (κ2) is 10.2. The lowest BCUT2D eigenvalue weighted by Gasteiger charge is -2.47. The standard InChI is InChI=1S/C23H24F6N4O3S/c24-22(25,26)14-7-13(8-15(9-14)23(27,28)29)19(35)31-10-18(34)32-16-11-33(12-16)17-1-3-21(36,4-2-17)20-30-5-6-37-20/h5-9,16-17,36H,1-4,10-12H2,(H,31,35)(H,32,34)/t17-,21-. The fraction of sp³-hybridized carbons (Fsp3) is 0.522. The molecule has 0 atom stereocenters. The number of aliphatic hydroxyl groups is 1. The van der Waals surface area contributed by atoms with Crippen LogP contribution in [-0.2, 0) is 22.7 Å². The molecule has 1 saturated heterocycles. The van der Waals surface area contributed by atoms with Crippen molar-refractivity contribution in [3.05, 3.63) is 51.5 Å². The summed E-state index contributed by atoms with van der Waals surface area (Å²) in [6.07, 6.45) is -5.81. The van der Waals surface area contributed by atoms with Gasteiger partial charge in [0.25, 0.3) is 5.91 Å². The maximum Gasteiger partial charge on any atom is 0.416 e. The number of alkyl halides is 6. The van der Waals surface area contributed by atoms with Crippen molar-refractivity contribution in [3.8, 4) is 0 Å². The minimum Gasteiger partial charge on any atom is -0.383 e.